The van der Waals surface area contributed by atoms with Crippen LogP contribution in [0.4, 0.5) is 0 Å². The first-order valence-electron chi connectivity index (χ1n) is 6.93. The molecule has 0 fully saturated rings. The number of benzene rings is 2. The molecule has 0 saturated carbocycles. The molecule has 0 spiro atoms. The van der Waals surface area contributed by atoms with Crippen molar-refractivity contribution in [1.82, 2.24) is 4.72 Å². The smallest absolute Gasteiger partial charge is 0.241 e. The molecule has 2 aromatic rings. The highest BCUT2D eigenvalue weighted by molar-refractivity contribution is 7.89. The summed E-state index contributed by atoms with van der Waals surface area (Å²) in [5.74, 6) is 0.646. The first-order chi connectivity index (χ1) is 10.4. The lowest BCUT2D eigenvalue weighted by molar-refractivity contribution is 0.340. The van der Waals surface area contributed by atoms with Crippen molar-refractivity contribution in [3.63, 3.8) is 0 Å². The molecule has 0 amide bonds. The molecule has 0 aliphatic heterocycles. The Kier molecular flexibility index (Phi) is 5.45. The minimum absolute atomic E-state index is 0.205. The summed E-state index contributed by atoms with van der Waals surface area (Å²) >= 11 is 5.84. The van der Waals surface area contributed by atoms with Crippen LogP contribution >= 0.6 is 11.6 Å². The highest BCUT2D eigenvalue weighted by atomic mass is 35.5. The highest BCUT2D eigenvalue weighted by Gasteiger charge is 2.18. The van der Waals surface area contributed by atoms with Gasteiger partial charge in [-0.2, -0.15) is 0 Å². The van der Waals surface area contributed by atoms with E-state index in [1.165, 1.54) is 12.1 Å². The van der Waals surface area contributed by atoms with Crippen molar-refractivity contribution in [1.29, 1.82) is 0 Å². The summed E-state index contributed by atoms with van der Waals surface area (Å²) in [5, 5.41) is 0.616. The summed E-state index contributed by atoms with van der Waals surface area (Å²) in [5.41, 5.74) is 0.846. The molecule has 1 atom stereocenters. The largest absolute Gasteiger partial charge is 0.494 e. The molecule has 1 N–H and O–H groups in total. The predicted molar refractivity (Wildman–Crippen MR) is 87.8 cm³/mol. The summed E-state index contributed by atoms with van der Waals surface area (Å²) in [6, 6.07) is 13.1. The van der Waals surface area contributed by atoms with E-state index >= 15 is 0 Å². The van der Waals surface area contributed by atoms with Crippen molar-refractivity contribution in [2.45, 2.75) is 24.8 Å². The Balaban J connectivity index is 2.14. The topological polar surface area (TPSA) is 55.4 Å². The van der Waals surface area contributed by atoms with Crippen molar-refractivity contribution in [3.8, 4) is 5.75 Å². The van der Waals surface area contributed by atoms with E-state index < -0.39 is 10.0 Å². The van der Waals surface area contributed by atoms with Crippen LogP contribution in [-0.2, 0) is 10.0 Å². The van der Waals surface area contributed by atoms with Gasteiger partial charge in [-0.15, -0.1) is 0 Å². The summed E-state index contributed by atoms with van der Waals surface area (Å²) in [6.07, 6.45) is 0. The molecular weight excluding hydrogens is 322 g/mol. The zero-order chi connectivity index (χ0) is 16.2. The first kappa shape index (κ1) is 16.8. The lowest BCUT2D eigenvalue weighted by atomic mass is 10.1. The van der Waals surface area contributed by atoms with Gasteiger partial charge in [0.15, 0.2) is 0 Å². The Labute approximate surface area is 136 Å². The van der Waals surface area contributed by atoms with E-state index in [0.717, 1.165) is 5.56 Å². The molecule has 0 aliphatic rings. The molecule has 0 heterocycles. The number of sulfonamides is 1. The summed E-state index contributed by atoms with van der Waals surface area (Å²) in [4.78, 5) is 0.205. The van der Waals surface area contributed by atoms with Gasteiger partial charge in [-0.1, -0.05) is 23.7 Å². The molecule has 6 heteroatoms. The van der Waals surface area contributed by atoms with E-state index in [0.29, 0.717) is 17.4 Å². The van der Waals surface area contributed by atoms with Gasteiger partial charge in [0, 0.05) is 11.1 Å². The second kappa shape index (κ2) is 7.13. The first-order valence-corrected chi connectivity index (χ1v) is 8.79. The minimum Gasteiger partial charge on any atom is -0.494 e. The molecule has 0 aromatic heterocycles. The van der Waals surface area contributed by atoms with Crippen LogP contribution < -0.4 is 9.46 Å². The van der Waals surface area contributed by atoms with Gasteiger partial charge in [-0.05, 0) is 55.8 Å². The zero-order valence-corrected chi connectivity index (χ0v) is 14.0. The Bertz CT molecular complexity index is 712. The molecule has 22 heavy (non-hydrogen) atoms. The number of rotatable bonds is 6. The molecule has 0 radical (unpaired) electrons. The molecule has 0 saturated heterocycles. The van der Waals surface area contributed by atoms with E-state index in [9.17, 15) is 8.42 Å². The third-order valence-corrected chi connectivity index (χ3v) is 4.96. The second-order valence-corrected chi connectivity index (χ2v) is 6.95. The average Bonchev–Trinajstić information content (AvgIpc) is 2.48. The molecule has 0 aliphatic carbocycles. The monoisotopic (exact) mass is 339 g/mol. The number of hydrogen-bond acceptors (Lipinski definition) is 3. The van der Waals surface area contributed by atoms with E-state index in [2.05, 4.69) is 4.72 Å². The van der Waals surface area contributed by atoms with E-state index in [-0.39, 0.29) is 10.9 Å². The predicted octanol–water partition coefficient (Wildman–Crippen LogP) is 3.78. The second-order valence-electron chi connectivity index (χ2n) is 4.80. The van der Waals surface area contributed by atoms with Gasteiger partial charge in [-0.3, -0.25) is 0 Å². The standard InChI is InChI=1S/C16H18ClNO3S/c1-3-21-15-8-10-16(11-9-15)22(19,20)18-12(2)13-4-6-14(17)7-5-13/h4-12,18H,3H2,1-2H3. The molecule has 4 nitrogen and oxygen atoms in total. The fourth-order valence-corrected chi connectivity index (χ4v) is 3.36. The van der Waals surface area contributed by atoms with Crippen molar-refractivity contribution in [3.05, 3.63) is 59.1 Å². The minimum atomic E-state index is -3.59. The number of nitrogens with one attached hydrogen (secondary N) is 1. The summed E-state index contributed by atoms with van der Waals surface area (Å²) in [7, 11) is -3.59. The van der Waals surface area contributed by atoms with Crippen molar-refractivity contribution in [2.75, 3.05) is 6.61 Å². The molecule has 1 unspecified atom stereocenters. The van der Waals surface area contributed by atoms with Gasteiger partial charge in [0.2, 0.25) is 10.0 Å². The van der Waals surface area contributed by atoms with Crippen LogP contribution in [0.15, 0.2) is 53.4 Å². The average molecular weight is 340 g/mol. The van der Waals surface area contributed by atoms with Crippen LogP contribution in [0, 0.1) is 0 Å². The van der Waals surface area contributed by atoms with Gasteiger partial charge < -0.3 is 4.74 Å². The Morgan fingerprint density at radius 3 is 2.23 bits per heavy atom. The molecule has 2 rings (SSSR count). The third kappa shape index (κ3) is 4.22. The van der Waals surface area contributed by atoms with E-state index in [4.69, 9.17) is 16.3 Å². The third-order valence-electron chi connectivity index (χ3n) is 3.15. The Morgan fingerprint density at radius 2 is 1.68 bits per heavy atom. The van der Waals surface area contributed by atoms with Crippen LogP contribution in [0.3, 0.4) is 0 Å². The van der Waals surface area contributed by atoms with Crippen LogP contribution in [0.2, 0.25) is 5.02 Å². The molecule has 118 valence electrons. The maximum absolute atomic E-state index is 12.4. The molecule has 2 aromatic carbocycles. The van der Waals surface area contributed by atoms with Crippen LogP contribution in [0.25, 0.3) is 0 Å². The maximum Gasteiger partial charge on any atom is 0.241 e. The maximum atomic E-state index is 12.4. The van der Waals surface area contributed by atoms with Crippen molar-refractivity contribution < 1.29 is 13.2 Å². The van der Waals surface area contributed by atoms with E-state index in [1.54, 1.807) is 43.3 Å². The lowest BCUT2D eigenvalue weighted by Gasteiger charge is -2.15. The van der Waals surface area contributed by atoms with Crippen LogP contribution in [0.1, 0.15) is 25.5 Å². The van der Waals surface area contributed by atoms with Gasteiger partial charge in [0.25, 0.3) is 0 Å². The molecule has 0 bridgehead atoms. The van der Waals surface area contributed by atoms with Gasteiger partial charge in [0.1, 0.15) is 5.75 Å². The Morgan fingerprint density at radius 1 is 1.09 bits per heavy atom. The number of ether oxygens (including phenoxy) is 1. The zero-order valence-electron chi connectivity index (χ0n) is 12.4. The normalized spacial score (nSPS) is 12.9. The SMILES string of the molecule is CCOc1ccc(S(=O)(=O)NC(C)c2ccc(Cl)cc2)cc1. The number of halogens is 1. The quantitative estimate of drug-likeness (QED) is 0.871. The summed E-state index contributed by atoms with van der Waals surface area (Å²) in [6.45, 7) is 4.20. The molecular formula is C16H18ClNO3S. The van der Waals surface area contributed by atoms with Crippen molar-refractivity contribution in [2.24, 2.45) is 0 Å². The van der Waals surface area contributed by atoms with Crippen LogP contribution in [-0.4, -0.2) is 15.0 Å². The summed E-state index contributed by atoms with van der Waals surface area (Å²) < 4.78 is 32.7. The highest BCUT2D eigenvalue weighted by Crippen LogP contribution is 2.20. The fourth-order valence-electron chi connectivity index (χ4n) is 2.00. The van der Waals surface area contributed by atoms with Gasteiger partial charge in [0.05, 0.1) is 11.5 Å². The van der Waals surface area contributed by atoms with Crippen LogP contribution in [0.5, 0.6) is 5.75 Å². The Hall–Kier alpha value is -1.56. The lowest BCUT2D eigenvalue weighted by Crippen LogP contribution is -2.26. The van der Waals surface area contributed by atoms with E-state index in [1.807, 2.05) is 6.92 Å². The van der Waals surface area contributed by atoms with Crippen molar-refractivity contribution >= 4 is 21.6 Å². The van der Waals surface area contributed by atoms with Gasteiger partial charge >= 0.3 is 0 Å². The number of hydrogen-bond donors (Lipinski definition) is 1. The van der Waals surface area contributed by atoms with Gasteiger partial charge in [-0.25, -0.2) is 13.1 Å². The fraction of sp³-hybridized carbons (Fsp3) is 0.250.